The Kier molecular flexibility index (Phi) is 4.03. The fourth-order valence-electron chi connectivity index (χ4n) is 1.91. The minimum atomic E-state index is -4.88. The first-order valence-electron chi connectivity index (χ1n) is 5.93. The number of nitrogens with zero attached hydrogens (tertiary/aromatic N) is 2. The summed E-state index contributed by atoms with van der Waals surface area (Å²) in [6.07, 6.45) is -2.92. The third-order valence-corrected chi connectivity index (χ3v) is 2.88. The molecule has 2 heterocycles. The van der Waals surface area contributed by atoms with Crippen LogP contribution in [0.4, 0.5) is 13.2 Å². The van der Waals surface area contributed by atoms with E-state index in [2.05, 4.69) is 20.5 Å². The molecule has 1 aromatic heterocycles. The van der Waals surface area contributed by atoms with Crippen LogP contribution in [0.15, 0.2) is 0 Å². The maximum Gasteiger partial charge on any atom is 0.471 e. The molecule has 6 nitrogen and oxygen atoms in total. The lowest BCUT2D eigenvalue weighted by Gasteiger charge is -2.19. The number of H-pyrrole nitrogens is 1. The molecule has 1 atom stereocenters. The second-order valence-electron chi connectivity index (χ2n) is 4.36. The Labute approximate surface area is 107 Å². The predicted octanol–water partition coefficient (Wildman–Crippen LogP) is 0.450. The first kappa shape index (κ1) is 13.8. The summed E-state index contributed by atoms with van der Waals surface area (Å²) in [5.41, 5.74) is 0. The number of alkyl halides is 3. The van der Waals surface area contributed by atoms with Crippen molar-refractivity contribution >= 4 is 5.91 Å². The largest absolute Gasteiger partial charge is 0.471 e. The van der Waals surface area contributed by atoms with Crippen molar-refractivity contribution in [2.75, 3.05) is 13.1 Å². The van der Waals surface area contributed by atoms with Gasteiger partial charge in [-0.15, -0.1) is 0 Å². The summed E-state index contributed by atoms with van der Waals surface area (Å²) in [6.45, 7) is 1.40. The Balaban J connectivity index is 1.89. The molecule has 2 rings (SSSR count). The highest BCUT2D eigenvalue weighted by Crippen LogP contribution is 2.19. The van der Waals surface area contributed by atoms with Crippen LogP contribution in [0.5, 0.6) is 0 Å². The van der Waals surface area contributed by atoms with Gasteiger partial charge in [-0.3, -0.25) is 9.89 Å². The summed E-state index contributed by atoms with van der Waals surface area (Å²) in [5.74, 6) is -1.02. The van der Waals surface area contributed by atoms with Crippen molar-refractivity contribution in [2.24, 2.45) is 0 Å². The normalized spacial score (nSPS) is 20.3. The first-order chi connectivity index (χ1) is 8.97. The third kappa shape index (κ3) is 3.66. The number of aromatic nitrogens is 3. The monoisotopic (exact) mass is 277 g/mol. The third-order valence-electron chi connectivity index (χ3n) is 2.88. The zero-order valence-electron chi connectivity index (χ0n) is 10.0. The van der Waals surface area contributed by atoms with Gasteiger partial charge in [-0.2, -0.15) is 18.3 Å². The summed E-state index contributed by atoms with van der Waals surface area (Å²) in [5, 5.41) is 11.5. The average Bonchev–Trinajstić information content (AvgIpc) is 2.84. The van der Waals surface area contributed by atoms with Crippen molar-refractivity contribution in [3.05, 3.63) is 11.6 Å². The molecule has 0 bridgehead atoms. The van der Waals surface area contributed by atoms with E-state index >= 15 is 0 Å². The van der Waals surface area contributed by atoms with Gasteiger partial charge in [0.05, 0.1) is 6.54 Å². The molecule has 1 saturated heterocycles. The molecule has 0 spiro atoms. The molecule has 1 aliphatic heterocycles. The molecule has 19 heavy (non-hydrogen) atoms. The zero-order chi connectivity index (χ0) is 13.9. The Bertz CT molecular complexity index is 439. The van der Waals surface area contributed by atoms with Crippen LogP contribution in [-0.2, 0) is 11.3 Å². The van der Waals surface area contributed by atoms with E-state index < -0.39 is 12.1 Å². The van der Waals surface area contributed by atoms with Gasteiger partial charge in [0.2, 0.25) is 0 Å². The molecule has 1 aliphatic rings. The van der Waals surface area contributed by atoms with Crippen LogP contribution >= 0.6 is 0 Å². The van der Waals surface area contributed by atoms with Crippen LogP contribution < -0.4 is 10.6 Å². The van der Waals surface area contributed by atoms with Gasteiger partial charge in [-0.1, -0.05) is 0 Å². The van der Waals surface area contributed by atoms with Crippen LogP contribution in [-0.4, -0.2) is 40.4 Å². The zero-order valence-corrected chi connectivity index (χ0v) is 10.0. The Morgan fingerprint density at radius 1 is 1.47 bits per heavy atom. The predicted molar refractivity (Wildman–Crippen MR) is 59.1 cm³/mol. The van der Waals surface area contributed by atoms with Crippen molar-refractivity contribution < 1.29 is 18.0 Å². The minimum Gasteiger partial charge on any atom is -0.341 e. The highest BCUT2D eigenvalue weighted by Gasteiger charge is 2.38. The summed E-state index contributed by atoms with van der Waals surface area (Å²) < 4.78 is 35.9. The first-order valence-corrected chi connectivity index (χ1v) is 5.93. The average molecular weight is 277 g/mol. The molecule has 0 saturated carbocycles. The van der Waals surface area contributed by atoms with Crippen LogP contribution in [0.1, 0.15) is 30.4 Å². The molecule has 1 fully saturated rings. The van der Waals surface area contributed by atoms with E-state index in [1.807, 2.05) is 0 Å². The van der Waals surface area contributed by atoms with E-state index in [1.54, 1.807) is 5.32 Å². The SMILES string of the molecule is O=C(NCc1nc(C2CCCNC2)n[nH]1)C(F)(F)F. The minimum absolute atomic E-state index is 0.164. The molecule has 1 amide bonds. The van der Waals surface area contributed by atoms with E-state index in [0.717, 1.165) is 25.9 Å². The number of rotatable bonds is 3. The molecule has 0 radical (unpaired) electrons. The number of amides is 1. The summed E-state index contributed by atoms with van der Waals surface area (Å²) >= 11 is 0. The van der Waals surface area contributed by atoms with Gasteiger partial charge in [0.1, 0.15) is 5.82 Å². The van der Waals surface area contributed by atoms with E-state index in [0.29, 0.717) is 5.82 Å². The Morgan fingerprint density at radius 3 is 2.89 bits per heavy atom. The summed E-state index contributed by atoms with van der Waals surface area (Å²) in [6, 6.07) is 0. The van der Waals surface area contributed by atoms with Crippen molar-refractivity contribution in [1.82, 2.24) is 25.8 Å². The van der Waals surface area contributed by atoms with Gasteiger partial charge in [-0.25, -0.2) is 4.98 Å². The Hall–Kier alpha value is -1.64. The van der Waals surface area contributed by atoms with E-state index in [-0.39, 0.29) is 18.3 Å². The summed E-state index contributed by atoms with van der Waals surface area (Å²) in [4.78, 5) is 14.7. The number of carbonyl (C=O) groups is 1. The van der Waals surface area contributed by atoms with Crippen LogP contribution in [0.25, 0.3) is 0 Å². The van der Waals surface area contributed by atoms with Crippen LogP contribution in [0.2, 0.25) is 0 Å². The summed E-state index contributed by atoms with van der Waals surface area (Å²) in [7, 11) is 0. The number of halogens is 3. The maximum atomic E-state index is 12.0. The number of piperidine rings is 1. The van der Waals surface area contributed by atoms with Gasteiger partial charge in [0.25, 0.3) is 0 Å². The molecule has 9 heteroatoms. The maximum absolute atomic E-state index is 12.0. The molecule has 0 aliphatic carbocycles. The smallest absolute Gasteiger partial charge is 0.341 e. The fourth-order valence-corrected chi connectivity index (χ4v) is 1.91. The van der Waals surface area contributed by atoms with E-state index in [4.69, 9.17) is 0 Å². The highest BCUT2D eigenvalue weighted by molar-refractivity contribution is 5.81. The highest BCUT2D eigenvalue weighted by atomic mass is 19.4. The van der Waals surface area contributed by atoms with Gasteiger partial charge in [-0.05, 0) is 19.4 Å². The van der Waals surface area contributed by atoms with Crippen molar-refractivity contribution in [1.29, 1.82) is 0 Å². The van der Waals surface area contributed by atoms with Gasteiger partial charge < -0.3 is 10.6 Å². The second-order valence-corrected chi connectivity index (χ2v) is 4.36. The van der Waals surface area contributed by atoms with Gasteiger partial charge in [0, 0.05) is 12.5 Å². The van der Waals surface area contributed by atoms with Gasteiger partial charge in [0.15, 0.2) is 5.82 Å². The lowest BCUT2D eigenvalue weighted by Crippen LogP contribution is -2.36. The molecule has 3 N–H and O–H groups in total. The number of hydrogen-bond acceptors (Lipinski definition) is 4. The van der Waals surface area contributed by atoms with E-state index in [1.165, 1.54) is 0 Å². The molecule has 1 aromatic rings. The van der Waals surface area contributed by atoms with Crippen LogP contribution in [0, 0.1) is 0 Å². The molecule has 106 valence electrons. The standard InChI is InChI=1S/C10H14F3N5O/c11-10(12,13)9(19)15-5-7-16-8(18-17-7)6-2-1-3-14-4-6/h6,14H,1-5H2,(H,15,19)(H,16,17,18). The molecule has 1 unspecified atom stereocenters. The Morgan fingerprint density at radius 2 is 2.26 bits per heavy atom. The van der Waals surface area contributed by atoms with Gasteiger partial charge >= 0.3 is 12.1 Å². The quantitative estimate of drug-likeness (QED) is 0.749. The lowest BCUT2D eigenvalue weighted by molar-refractivity contribution is -0.173. The molecular formula is C10H14F3N5O. The van der Waals surface area contributed by atoms with E-state index in [9.17, 15) is 18.0 Å². The fraction of sp³-hybridized carbons (Fsp3) is 0.700. The number of aromatic amines is 1. The topological polar surface area (TPSA) is 82.7 Å². The van der Waals surface area contributed by atoms with Crippen LogP contribution in [0.3, 0.4) is 0 Å². The molecule has 0 aromatic carbocycles. The van der Waals surface area contributed by atoms with Crippen molar-refractivity contribution in [3.8, 4) is 0 Å². The second kappa shape index (κ2) is 5.55. The number of hydrogen-bond donors (Lipinski definition) is 3. The molecular weight excluding hydrogens is 263 g/mol. The number of carbonyl (C=O) groups excluding carboxylic acids is 1. The number of nitrogens with one attached hydrogen (secondary N) is 3. The lowest BCUT2D eigenvalue weighted by atomic mass is 9.99. The van der Waals surface area contributed by atoms with Crippen molar-refractivity contribution in [3.63, 3.8) is 0 Å². The van der Waals surface area contributed by atoms with Crippen molar-refractivity contribution in [2.45, 2.75) is 31.5 Å².